The molecule has 2 rings (SSSR count). The van der Waals surface area contributed by atoms with Gasteiger partial charge in [0.15, 0.2) is 0 Å². The zero-order valence-corrected chi connectivity index (χ0v) is 14.1. The van der Waals surface area contributed by atoms with Gasteiger partial charge in [-0.15, -0.1) is 0 Å². The van der Waals surface area contributed by atoms with Gasteiger partial charge in [0.05, 0.1) is 23.0 Å². The SMILES string of the molecule is CCCNC(C)c1cccn1Cc1c(Cl)c(C)nn1CC. The first-order valence-corrected chi connectivity index (χ1v) is 8.06. The average Bonchev–Trinajstić information content (AvgIpc) is 3.04. The van der Waals surface area contributed by atoms with E-state index in [0.717, 1.165) is 42.5 Å². The Morgan fingerprint density at radius 1 is 1.38 bits per heavy atom. The Balaban J connectivity index is 2.23. The monoisotopic (exact) mass is 308 g/mol. The highest BCUT2D eigenvalue weighted by molar-refractivity contribution is 6.31. The molecular weight excluding hydrogens is 284 g/mol. The van der Waals surface area contributed by atoms with Crippen LogP contribution in [0.1, 0.15) is 50.3 Å². The van der Waals surface area contributed by atoms with Crippen molar-refractivity contribution in [1.82, 2.24) is 19.7 Å². The van der Waals surface area contributed by atoms with Crippen molar-refractivity contribution < 1.29 is 0 Å². The van der Waals surface area contributed by atoms with E-state index in [9.17, 15) is 0 Å². The van der Waals surface area contributed by atoms with Crippen molar-refractivity contribution in [2.24, 2.45) is 0 Å². The summed E-state index contributed by atoms with van der Waals surface area (Å²) < 4.78 is 4.24. The lowest BCUT2D eigenvalue weighted by Gasteiger charge is -2.17. The normalized spacial score (nSPS) is 12.8. The molecule has 1 atom stereocenters. The third-order valence-electron chi connectivity index (χ3n) is 3.78. The predicted octanol–water partition coefficient (Wildman–Crippen LogP) is 3.78. The fraction of sp³-hybridized carbons (Fsp3) is 0.562. The van der Waals surface area contributed by atoms with Crippen LogP contribution < -0.4 is 5.32 Å². The second-order valence-corrected chi connectivity index (χ2v) is 5.78. The van der Waals surface area contributed by atoms with Gasteiger partial charge >= 0.3 is 0 Å². The second-order valence-electron chi connectivity index (χ2n) is 5.40. The standard InChI is InChI=1S/C16H25ClN4/c1-5-9-18-12(3)14-8-7-10-20(14)11-15-16(17)13(4)19-21(15)6-2/h7-8,10,12,18H,5-6,9,11H2,1-4H3. The van der Waals surface area contributed by atoms with Crippen LogP contribution in [-0.2, 0) is 13.1 Å². The van der Waals surface area contributed by atoms with E-state index < -0.39 is 0 Å². The van der Waals surface area contributed by atoms with Gasteiger partial charge in [0, 0.05) is 24.5 Å². The van der Waals surface area contributed by atoms with Gasteiger partial charge in [-0.25, -0.2) is 0 Å². The summed E-state index contributed by atoms with van der Waals surface area (Å²) in [5.74, 6) is 0. The first-order valence-electron chi connectivity index (χ1n) is 7.68. The van der Waals surface area contributed by atoms with E-state index in [2.05, 4.69) is 54.1 Å². The first kappa shape index (κ1) is 16.1. The van der Waals surface area contributed by atoms with Crippen LogP contribution in [0.2, 0.25) is 5.02 Å². The van der Waals surface area contributed by atoms with Gasteiger partial charge in [0.1, 0.15) is 0 Å². The highest BCUT2D eigenvalue weighted by Gasteiger charge is 2.15. The summed E-state index contributed by atoms with van der Waals surface area (Å²) in [6.07, 6.45) is 3.25. The third-order valence-corrected chi connectivity index (χ3v) is 4.27. The van der Waals surface area contributed by atoms with Gasteiger partial charge < -0.3 is 9.88 Å². The maximum absolute atomic E-state index is 6.41. The predicted molar refractivity (Wildman–Crippen MR) is 87.9 cm³/mol. The Kier molecular flexibility index (Phi) is 5.48. The van der Waals surface area contributed by atoms with E-state index in [4.69, 9.17) is 11.6 Å². The topological polar surface area (TPSA) is 34.8 Å². The zero-order chi connectivity index (χ0) is 15.4. The summed E-state index contributed by atoms with van der Waals surface area (Å²) in [7, 11) is 0. The van der Waals surface area contributed by atoms with Crippen molar-refractivity contribution in [3.8, 4) is 0 Å². The van der Waals surface area contributed by atoms with Gasteiger partial charge in [-0.2, -0.15) is 5.10 Å². The van der Waals surface area contributed by atoms with Gasteiger partial charge in [-0.1, -0.05) is 18.5 Å². The quantitative estimate of drug-likeness (QED) is 0.845. The number of nitrogens with zero attached hydrogens (tertiary/aromatic N) is 3. The number of hydrogen-bond acceptors (Lipinski definition) is 2. The number of aromatic nitrogens is 3. The molecule has 0 fully saturated rings. The molecule has 1 unspecified atom stereocenters. The Morgan fingerprint density at radius 3 is 2.81 bits per heavy atom. The summed E-state index contributed by atoms with van der Waals surface area (Å²) >= 11 is 6.41. The van der Waals surface area contributed by atoms with Crippen LogP contribution in [0.4, 0.5) is 0 Å². The van der Waals surface area contributed by atoms with Crippen molar-refractivity contribution in [2.45, 2.75) is 53.2 Å². The molecule has 5 heteroatoms. The second kappa shape index (κ2) is 7.14. The lowest BCUT2D eigenvalue weighted by molar-refractivity contribution is 0.524. The van der Waals surface area contributed by atoms with Crippen molar-refractivity contribution in [3.63, 3.8) is 0 Å². The average molecular weight is 309 g/mol. The van der Waals surface area contributed by atoms with Crippen LogP contribution in [0, 0.1) is 6.92 Å². The van der Waals surface area contributed by atoms with Crippen molar-refractivity contribution in [3.05, 3.63) is 40.4 Å². The van der Waals surface area contributed by atoms with Crippen molar-refractivity contribution in [2.75, 3.05) is 6.54 Å². The smallest absolute Gasteiger partial charge is 0.0865 e. The number of nitrogens with one attached hydrogen (secondary N) is 1. The fourth-order valence-electron chi connectivity index (χ4n) is 2.61. The number of rotatable bonds is 7. The van der Waals surface area contributed by atoms with Crippen LogP contribution in [0.15, 0.2) is 18.3 Å². The van der Waals surface area contributed by atoms with Gasteiger partial charge in [-0.05, 0) is 45.9 Å². The summed E-state index contributed by atoms with van der Waals surface area (Å²) in [6.45, 7) is 11.1. The Morgan fingerprint density at radius 2 is 2.14 bits per heavy atom. The zero-order valence-electron chi connectivity index (χ0n) is 13.4. The molecule has 2 heterocycles. The molecule has 0 bridgehead atoms. The Bertz CT molecular complexity index is 585. The molecule has 0 aliphatic heterocycles. The maximum atomic E-state index is 6.41. The highest BCUT2D eigenvalue weighted by atomic mass is 35.5. The molecule has 0 saturated carbocycles. The molecule has 0 amide bonds. The summed E-state index contributed by atoms with van der Waals surface area (Å²) in [5, 5.41) is 8.81. The molecule has 0 radical (unpaired) electrons. The number of hydrogen-bond donors (Lipinski definition) is 1. The van der Waals surface area contributed by atoms with Crippen LogP contribution in [-0.4, -0.2) is 20.9 Å². The highest BCUT2D eigenvalue weighted by Crippen LogP contribution is 2.23. The fourth-order valence-corrected chi connectivity index (χ4v) is 2.81. The van der Waals surface area contributed by atoms with Gasteiger partial charge in [-0.3, -0.25) is 4.68 Å². The van der Waals surface area contributed by atoms with Gasteiger partial charge in [0.2, 0.25) is 0 Å². The van der Waals surface area contributed by atoms with Crippen molar-refractivity contribution in [1.29, 1.82) is 0 Å². The molecule has 0 saturated heterocycles. The van der Waals surface area contributed by atoms with Gasteiger partial charge in [0.25, 0.3) is 0 Å². The molecule has 0 spiro atoms. The molecule has 1 N–H and O–H groups in total. The van der Waals surface area contributed by atoms with E-state index in [0.29, 0.717) is 6.04 Å². The number of aryl methyl sites for hydroxylation is 2. The number of halogens is 1. The summed E-state index contributed by atoms with van der Waals surface area (Å²) in [5.41, 5.74) is 3.26. The third kappa shape index (κ3) is 3.50. The van der Waals surface area contributed by atoms with Crippen LogP contribution >= 0.6 is 11.6 Å². The van der Waals surface area contributed by atoms with Crippen LogP contribution in [0.25, 0.3) is 0 Å². The van der Waals surface area contributed by atoms with E-state index >= 15 is 0 Å². The van der Waals surface area contributed by atoms with Crippen LogP contribution in [0.5, 0.6) is 0 Å². The minimum atomic E-state index is 0.331. The Labute approximate surface area is 132 Å². The Hall–Kier alpha value is -1.26. The summed E-state index contributed by atoms with van der Waals surface area (Å²) in [6, 6.07) is 4.59. The van der Waals surface area contributed by atoms with Crippen LogP contribution in [0.3, 0.4) is 0 Å². The van der Waals surface area contributed by atoms with E-state index in [-0.39, 0.29) is 0 Å². The molecular formula is C16H25ClN4. The molecule has 2 aromatic heterocycles. The van der Waals surface area contributed by atoms with E-state index in [1.165, 1.54) is 5.69 Å². The molecule has 116 valence electrons. The largest absolute Gasteiger partial charge is 0.344 e. The van der Waals surface area contributed by atoms with Crippen molar-refractivity contribution >= 4 is 11.6 Å². The van der Waals surface area contributed by atoms with E-state index in [1.807, 2.05) is 11.6 Å². The molecule has 21 heavy (non-hydrogen) atoms. The molecule has 2 aromatic rings. The lowest BCUT2D eigenvalue weighted by atomic mass is 10.2. The molecule has 4 nitrogen and oxygen atoms in total. The molecule has 0 aromatic carbocycles. The molecule has 0 aliphatic carbocycles. The maximum Gasteiger partial charge on any atom is 0.0865 e. The lowest BCUT2D eigenvalue weighted by Crippen LogP contribution is -2.22. The van der Waals surface area contributed by atoms with E-state index in [1.54, 1.807) is 0 Å². The summed E-state index contributed by atoms with van der Waals surface area (Å²) in [4.78, 5) is 0. The first-order chi connectivity index (χ1) is 10.1. The molecule has 0 aliphatic rings. The minimum Gasteiger partial charge on any atom is -0.344 e. The minimum absolute atomic E-state index is 0.331.